The monoisotopic (exact) mass is 479 g/mol. The van der Waals surface area contributed by atoms with Crippen molar-refractivity contribution in [2.45, 2.75) is 77.0 Å². The van der Waals surface area contributed by atoms with Gasteiger partial charge >= 0.3 is 0 Å². The first-order chi connectivity index (χ1) is 17.0. The molecule has 0 aromatic heterocycles. The number of nitrogens with zero attached hydrogens (tertiary/aromatic N) is 1. The fraction of sp³-hybridized carbons (Fsp3) is 0.517. The van der Waals surface area contributed by atoms with Crippen LogP contribution in [-0.4, -0.2) is 59.6 Å². The van der Waals surface area contributed by atoms with Crippen LogP contribution in [0.15, 0.2) is 54.6 Å². The molecule has 2 amide bonds. The number of carbonyl (C=O) groups is 2. The molecule has 6 heteroatoms. The van der Waals surface area contributed by atoms with Gasteiger partial charge in [0.25, 0.3) is 11.8 Å². The molecule has 1 aliphatic carbocycles. The number of benzene rings is 2. The van der Waals surface area contributed by atoms with Crippen molar-refractivity contribution >= 4 is 11.8 Å². The summed E-state index contributed by atoms with van der Waals surface area (Å²) in [7, 11) is 0. The Morgan fingerprint density at radius 2 is 1.63 bits per heavy atom. The quantitative estimate of drug-likeness (QED) is 0.403. The summed E-state index contributed by atoms with van der Waals surface area (Å²) in [6, 6.07) is 16.8. The Kier molecular flexibility index (Phi) is 10.8. The average molecular weight is 480 g/mol. The summed E-state index contributed by atoms with van der Waals surface area (Å²) in [5.74, 6) is -0.331. The highest BCUT2D eigenvalue weighted by Gasteiger charge is 2.25. The van der Waals surface area contributed by atoms with Crippen LogP contribution in [0.4, 0.5) is 0 Å². The van der Waals surface area contributed by atoms with E-state index in [0.29, 0.717) is 43.2 Å². The van der Waals surface area contributed by atoms with E-state index in [2.05, 4.69) is 24.5 Å². The lowest BCUT2D eigenvalue weighted by molar-refractivity contribution is 0.0755. The summed E-state index contributed by atoms with van der Waals surface area (Å²) in [4.78, 5) is 28.1. The minimum Gasteiger partial charge on any atom is -0.390 e. The lowest BCUT2D eigenvalue weighted by Crippen LogP contribution is -2.49. The molecular weight excluding hydrogens is 438 g/mol. The number of nitrogens with one attached hydrogen (secondary N) is 2. The van der Waals surface area contributed by atoms with Gasteiger partial charge in [-0.05, 0) is 55.9 Å². The summed E-state index contributed by atoms with van der Waals surface area (Å²) in [6.45, 7) is 5.94. The zero-order chi connectivity index (χ0) is 25.0. The van der Waals surface area contributed by atoms with E-state index in [1.165, 1.54) is 12.8 Å². The Balaban J connectivity index is 1.71. The zero-order valence-corrected chi connectivity index (χ0v) is 21.2. The van der Waals surface area contributed by atoms with Crippen molar-refractivity contribution in [3.05, 3.63) is 71.3 Å². The summed E-state index contributed by atoms with van der Waals surface area (Å²) in [6.07, 6.45) is 6.29. The number of carbonyl (C=O) groups excluding carboxylic acids is 2. The molecule has 1 saturated carbocycles. The fourth-order valence-electron chi connectivity index (χ4n) is 4.79. The molecule has 3 rings (SSSR count). The summed E-state index contributed by atoms with van der Waals surface area (Å²) in [5, 5.41) is 17.5. The third-order valence-electron chi connectivity index (χ3n) is 6.70. The molecule has 2 aromatic rings. The number of aliphatic hydroxyl groups is 1. The lowest BCUT2D eigenvalue weighted by Gasteiger charge is -2.26. The Bertz CT molecular complexity index is 922. The summed E-state index contributed by atoms with van der Waals surface area (Å²) in [5.41, 5.74) is 2.00. The van der Waals surface area contributed by atoms with Gasteiger partial charge in [-0.25, -0.2) is 0 Å². The molecule has 0 spiro atoms. The third-order valence-corrected chi connectivity index (χ3v) is 6.70. The maximum atomic E-state index is 13.2. The second-order valence-corrected chi connectivity index (χ2v) is 9.60. The minimum absolute atomic E-state index is 0.0509. The standard InChI is InChI=1S/C29H41N3O3/c1-3-17-32(18-4-2)29(35)24-14-10-13-23(20-24)28(34)31-26(19-22-11-6-5-7-12-22)27(33)21-30-25-15-8-9-16-25/h5-7,10-14,20,25-27,30,33H,3-4,8-9,15-19,21H2,1-2H3,(H,31,34)/t26-,27+/m0/s1. The van der Waals surface area contributed by atoms with Crippen LogP contribution < -0.4 is 10.6 Å². The summed E-state index contributed by atoms with van der Waals surface area (Å²) < 4.78 is 0. The van der Waals surface area contributed by atoms with Crippen molar-refractivity contribution in [3.8, 4) is 0 Å². The van der Waals surface area contributed by atoms with Gasteiger partial charge in [-0.2, -0.15) is 0 Å². The van der Waals surface area contributed by atoms with Crippen LogP contribution in [0, 0.1) is 0 Å². The van der Waals surface area contributed by atoms with E-state index >= 15 is 0 Å². The molecule has 1 aliphatic rings. The van der Waals surface area contributed by atoms with Crippen LogP contribution >= 0.6 is 0 Å². The third kappa shape index (κ3) is 8.18. The van der Waals surface area contributed by atoms with Gasteiger partial charge in [-0.3, -0.25) is 9.59 Å². The van der Waals surface area contributed by atoms with Gasteiger partial charge in [-0.1, -0.05) is 63.1 Å². The molecule has 0 saturated heterocycles. The number of hydrogen-bond donors (Lipinski definition) is 3. The van der Waals surface area contributed by atoms with E-state index in [0.717, 1.165) is 31.2 Å². The predicted octanol–water partition coefficient (Wildman–Crippen LogP) is 4.18. The second kappa shape index (κ2) is 14.0. The highest BCUT2D eigenvalue weighted by atomic mass is 16.3. The van der Waals surface area contributed by atoms with Gasteiger partial charge in [0, 0.05) is 36.8 Å². The molecule has 3 N–H and O–H groups in total. The second-order valence-electron chi connectivity index (χ2n) is 9.60. The van der Waals surface area contributed by atoms with Gasteiger partial charge in [-0.15, -0.1) is 0 Å². The van der Waals surface area contributed by atoms with Crippen molar-refractivity contribution in [1.29, 1.82) is 0 Å². The molecule has 0 unspecified atom stereocenters. The fourth-order valence-corrected chi connectivity index (χ4v) is 4.79. The van der Waals surface area contributed by atoms with E-state index in [1.807, 2.05) is 35.2 Å². The minimum atomic E-state index is -0.728. The van der Waals surface area contributed by atoms with E-state index in [4.69, 9.17) is 0 Å². The van der Waals surface area contributed by atoms with Crippen molar-refractivity contribution in [1.82, 2.24) is 15.5 Å². The first-order valence-electron chi connectivity index (χ1n) is 13.2. The molecule has 6 nitrogen and oxygen atoms in total. The van der Waals surface area contributed by atoms with Gasteiger partial charge in [0.15, 0.2) is 0 Å². The van der Waals surface area contributed by atoms with Crippen molar-refractivity contribution in [3.63, 3.8) is 0 Å². The maximum Gasteiger partial charge on any atom is 0.253 e. The molecule has 0 heterocycles. The van der Waals surface area contributed by atoms with Crippen LogP contribution in [0.5, 0.6) is 0 Å². The first-order valence-corrected chi connectivity index (χ1v) is 13.2. The Morgan fingerprint density at radius 1 is 0.971 bits per heavy atom. The highest BCUT2D eigenvalue weighted by Crippen LogP contribution is 2.18. The lowest BCUT2D eigenvalue weighted by atomic mass is 10.00. The van der Waals surface area contributed by atoms with Crippen molar-refractivity contribution < 1.29 is 14.7 Å². The highest BCUT2D eigenvalue weighted by molar-refractivity contribution is 5.99. The van der Waals surface area contributed by atoms with E-state index in [-0.39, 0.29) is 11.8 Å². The van der Waals surface area contributed by atoms with Crippen LogP contribution in [0.25, 0.3) is 0 Å². The van der Waals surface area contributed by atoms with Crippen molar-refractivity contribution in [2.75, 3.05) is 19.6 Å². The normalized spacial score (nSPS) is 15.5. The van der Waals surface area contributed by atoms with Gasteiger partial charge in [0.2, 0.25) is 0 Å². The molecule has 1 fully saturated rings. The molecule has 0 radical (unpaired) electrons. The number of amides is 2. The average Bonchev–Trinajstić information content (AvgIpc) is 3.41. The van der Waals surface area contributed by atoms with Crippen LogP contribution in [0.3, 0.4) is 0 Å². The SMILES string of the molecule is CCCN(CCC)C(=O)c1cccc(C(=O)N[C@@H](Cc2ccccc2)[C@H](O)CNC2CCCC2)c1. The number of rotatable bonds is 13. The Hall–Kier alpha value is -2.70. The predicted molar refractivity (Wildman–Crippen MR) is 141 cm³/mol. The van der Waals surface area contributed by atoms with Gasteiger partial charge in [0.05, 0.1) is 12.1 Å². The van der Waals surface area contributed by atoms with Gasteiger partial charge < -0.3 is 20.6 Å². The van der Waals surface area contributed by atoms with Crippen molar-refractivity contribution in [2.24, 2.45) is 0 Å². The molecule has 2 atom stereocenters. The number of hydrogen-bond acceptors (Lipinski definition) is 4. The van der Waals surface area contributed by atoms with Gasteiger partial charge in [0.1, 0.15) is 0 Å². The molecule has 2 aromatic carbocycles. The smallest absolute Gasteiger partial charge is 0.253 e. The molecule has 190 valence electrons. The Morgan fingerprint density at radius 3 is 2.29 bits per heavy atom. The van der Waals surface area contributed by atoms with Crippen LogP contribution in [0.1, 0.15) is 78.7 Å². The maximum absolute atomic E-state index is 13.2. The van der Waals surface area contributed by atoms with Crippen LogP contribution in [-0.2, 0) is 6.42 Å². The molecular formula is C29H41N3O3. The van der Waals surface area contributed by atoms with E-state index < -0.39 is 12.1 Å². The molecule has 0 aliphatic heterocycles. The largest absolute Gasteiger partial charge is 0.390 e. The topological polar surface area (TPSA) is 81.7 Å². The number of aliphatic hydroxyl groups excluding tert-OH is 1. The van der Waals surface area contributed by atoms with Crippen LogP contribution in [0.2, 0.25) is 0 Å². The summed E-state index contributed by atoms with van der Waals surface area (Å²) >= 11 is 0. The first kappa shape index (κ1) is 26.9. The molecule has 35 heavy (non-hydrogen) atoms. The zero-order valence-electron chi connectivity index (χ0n) is 21.2. The Labute approximate surface area is 210 Å². The van der Waals surface area contributed by atoms with E-state index in [1.54, 1.807) is 24.3 Å². The molecule has 0 bridgehead atoms. The van der Waals surface area contributed by atoms with E-state index in [9.17, 15) is 14.7 Å².